The van der Waals surface area contributed by atoms with Crippen LogP contribution in [0.4, 0.5) is 4.39 Å². The molecule has 2 aromatic heterocycles. The molecule has 0 amide bonds. The van der Waals surface area contributed by atoms with Gasteiger partial charge >= 0.3 is 5.97 Å². The summed E-state index contributed by atoms with van der Waals surface area (Å²) in [4.78, 5) is 22.6. The van der Waals surface area contributed by atoms with Gasteiger partial charge in [0.15, 0.2) is 6.29 Å². The number of carbonyl (C=O) groups excluding carboxylic acids is 1. The number of aliphatic hydroxyl groups is 5. The molecule has 0 saturated carbocycles. The Labute approximate surface area is 472 Å². The third kappa shape index (κ3) is 15.0. The van der Waals surface area contributed by atoms with Gasteiger partial charge in [0.1, 0.15) is 48.8 Å². The van der Waals surface area contributed by atoms with Gasteiger partial charge in [-0.05, 0) is 116 Å². The van der Waals surface area contributed by atoms with E-state index >= 15 is 4.39 Å². The quantitative estimate of drug-likeness (QED) is 0.0977. The Kier molecular flexibility index (Phi) is 22.4. The van der Waals surface area contributed by atoms with Crippen LogP contribution in [0.15, 0.2) is 59.9 Å². The summed E-state index contributed by atoms with van der Waals surface area (Å²) in [7, 11) is 2.77. The molecule has 0 spiro atoms. The number of halogens is 1. The van der Waals surface area contributed by atoms with Crippen molar-refractivity contribution in [2.45, 2.75) is 209 Å². The Hall–Kier alpha value is -3.66. The first kappa shape index (κ1) is 65.5. The van der Waals surface area contributed by atoms with Crippen molar-refractivity contribution in [1.82, 2.24) is 34.5 Å². The van der Waals surface area contributed by atoms with E-state index < -0.39 is 137 Å². The molecule has 1 aromatic carbocycles. The minimum atomic E-state index is -3.87. The van der Waals surface area contributed by atoms with Crippen LogP contribution in [-0.4, -0.2) is 202 Å². The lowest BCUT2D eigenvalue weighted by atomic mass is 9.68. The number of pyridine rings is 1. The van der Waals surface area contributed by atoms with Crippen LogP contribution in [0, 0.1) is 23.7 Å². The van der Waals surface area contributed by atoms with Gasteiger partial charge in [-0.25, -0.2) is 22.2 Å². The first-order valence-electron chi connectivity index (χ1n) is 28.1. The second-order valence-corrected chi connectivity index (χ2v) is 25.6. The van der Waals surface area contributed by atoms with E-state index in [0.29, 0.717) is 42.8 Å². The van der Waals surface area contributed by atoms with Crippen molar-refractivity contribution < 1.29 is 71.6 Å². The summed E-state index contributed by atoms with van der Waals surface area (Å²) < 4.78 is 83.1. The summed E-state index contributed by atoms with van der Waals surface area (Å²) in [5.74, 6) is -3.37. The van der Waals surface area contributed by atoms with Gasteiger partial charge in [0.2, 0.25) is 10.0 Å². The number of aliphatic hydroxyl groups excluding tert-OH is 3. The molecule has 0 radical (unpaired) electrons. The lowest BCUT2D eigenvalue weighted by Crippen LogP contribution is -2.62. The topological polar surface area (TPSA) is 270 Å². The number of rotatable bonds is 18. The number of hydrogen-bond acceptors (Lipinski definition) is 19. The molecule has 21 nitrogen and oxygen atoms in total. The van der Waals surface area contributed by atoms with Crippen molar-refractivity contribution in [3.05, 3.63) is 71.8 Å². The zero-order chi connectivity index (χ0) is 59.2. The first-order chi connectivity index (χ1) is 37.5. The van der Waals surface area contributed by atoms with E-state index in [9.17, 15) is 38.7 Å². The van der Waals surface area contributed by atoms with E-state index in [1.807, 2.05) is 44.7 Å². The summed E-state index contributed by atoms with van der Waals surface area (Å²) in [6, 6.07) is 7.46. The lowest BCUT2D eigenvalue weighted by Gasteiger charge is -2.51. The highest BCUT2D eigenvalue weighted by molar-refractivity contribution is 7.89. The molecular formula is C57H92FN7O14S. The van der Waals surface area contributed by atoms with Crippen LogP contribution in [0.5, 0.6) is 0 Å². The lowest BCUT2D eigenvalue weighted by molar-refractivity contribution is -0.302. The molecule has 5 heterocycles. The number of nitrogens with one attached hydrogen (secondary N) is 1. The van der Waals surface area contributed by atoms with Crippen LogP contribution in [0.2, 0.25) is 0 Å². The van der Waals surface area contributed by atoms with E-state index in [1.165, 1.54) is 38.0 Å². The van der Waals surface area contributed by atoms with Crippen molar-refractivity contribution in [3.63, 3.8) is 0 Å². The van der Waals surface area contributed by atoms with E-state index in [-0.39, 0.29) is 36.6 Å². The molecule has 23 heteroatoms. The zero-order valence-corrected chi connectivity index (χ0v) is 50.1. The number of benzene rings is 1. The first-order valence-corrected chi connectivity index (χ1v) is 29.6. The van der Waals surface area contributed by atoms with Gasteiger partial charge in [-0.2, -0.15) is 0 Å². The van der Waals surface area contributed by atoms with Gasteiger partial charge in [0, 0.05) is 83.3 Å². The van der Waals surface area contributed by atoms with Gasteiger partial charge in [-0.15, -0.1) is 5.10 Å². The largest absolute Gasteiger partial charge is 0.459 e. The molecular weight excluding hydrogens is 1060 g/mol. The maximum absolute atomic E-state index is 15.0. The van der Waals surface area contributed by atoms with Crippen molar-refractivity contribution >= 4 is 16.0 Å². The molecule has 3 saturated heterocycles. The van der Waals surface area contributed by atoms with E-state index in [0.717, 1.165) is 0 Å². The van der Waals surface area contributed by atoms with Crippen LogP contribution in [0.3, 0.4) is 0 Å². The van der Waals surface area contributed by atoms with Crippen molar-refractivity contribution in [2.24, 2.45) is 23.7 Å². The molecule has 1 unspecified atom stereocenters. The average molecular weight is 1150 g/mol. The van der Waals surface area contributed by atoms with Crippen LogP contribution in [0.1, 0.15) is 124 Å². The molecule has 0 aliphatic carbocycles. The summed E-state index contributed by atoms with van der Waals surface area (Å²) in [5.41, 5.74) is -2.82. The second kappa shape index (κ2) is 27.4. The van der Waals surface area contributed by atoms with Crippen LogP contribution >= 0.6 is 0 Å². The third-order valence-electron chi connectivity index (χ3n) is 17.5. The Morgan fingerprint density at radius 3 is 2.29 bits per heavy atom. The molecule has 20 atom stereocenters. The molecule has 6 N–H and O–H groups in total. The molecule has 3 aromatic rings. The fourth-order valence-corrected chi connectivity index (χ4v) is 13.7. The minimum absolute atomic E-state index is 0.0288. The standard InChI is InChI=1S/C57H92FN7O14S/c1-15-46-57(10,71)50(67)37(6)64(12)31-33(2)26-55(8,70)52(35(4)47(36(5)53(69)78-46)45-27-56(9,75-14)51(68)38(7)77-45)79-54-48(66)43(25-34(3)76-54)63(11)24-22-41-32-65(62-61-41)44(28-58)49(74-13)40-18-20-42(21-19-40)80(72,73)60-30-39-17-16-23-59-29-39/h16-21,23,29,32-38,43-52,54,60,66-68,70-71H,15,22,24-28,30-31H2,1-14H3/t33-,34-,35+,36-,37-,38+,43+,44-,45?,46-,47+,48-,49-,50-,51+,52-,54+,55-,56-,57-/m1/s1. The summed E-state index contributed by atoms with van der Waals surface area (Å²) in [6.45, 7) is 17.6. The number of methoxy groups -OCH3 is 2. The molecule has 80 heavy (non-hydrogen) atoms. The highest BCUT2D eigenvalue weighted by Crippen LogP contribution is 2.45. The predicted molar refractivity (Wildman–Crippen MR) is 295 cm³/mol. The minimum Gasteiger partial charge on any atom is -0.459 e. The fourth-order valence-electron chi connectivity index (χ4n) is 12.7. The highest BCUT2D eigenvalue weighted by Gasteiger charge is 2.55. The number of aromatic nitrogens is 4. The van der Waals surface area contributed by atoms with Crippen LogP contribution < -0.4 is 4.72 Å². The number of esters is 1. The maximum Gasteiger partial charge on any atom is 0.309 e. The van der Waals surface area contributed by atoms with Gasteiger partial charge in [0.25, 0.3) is 0 Å². The Bertz CT molecular complexity index is 2530. The maximum atomic E-state index is 15.0. The monoisotopic (exact) mass is 1150 g/mol. The van der Waals surface area contributed by atoms with E-state index in [2.05, 4.69) is 20.0 Å². The number of alkyl halides is 1. The average Bonchev–Trinajstić information content (AvgIpc) is 3.95. The Morgan fingerprint density at radius 1 is 0.988 bits per heavy atom. The molecule has 6 rings (SSSR count). The van der Waals surface area contributed by atoms with Gasteiger partial charge in [0.05, 0.1) is 52.1 Å². The molecule has 3 aliphatic heterocycles. The van der Waals surface area contributed by atoms with E-state index in [1.54, 1.807) is 84.4 Å². The Balaban J connectivity index is 1.23. The molecule has 3 aliphatic rings. The van der Waals surface area contributed by atoms with Gasteiger partial charge in [-0.3, -0.25) is 9.78 Å². The Morgan fingerprint density at radius 2 is 1.68 bits per heavy atom. The normalized spacial score (nSPS) is 37.4. The van der Waals surface area contributed by atoms with E-state index in [4.69, 9.17) is 28.4 Å². The number of hydrogen-bond donors (Lipinski definition) is 6. The number of carbonyl (C=O) groups is 1. The summed E-state index contributed by atoms with van der Waals surface area (Å²) >= 11 is 0. The van der Waals surface area contributed by atoms with Crippen LogP contribution in [0.25, 0.3) is 0 Å². The van der Waals surface area contributed by atoms with Crippen molar-refractivity contribution in [1.29, 1.82) is 0 Å². The number of cyclic esters (lactones) is 1. The number of nitrogens with zero attached hydrogens (tertiary/aromatic N) is 6. The summed E-state index contributed by atoms with van der Waals surface area (Å²) in [6.07, 6.45) is -3.75. The number of sulfonamides is 1. The van der Waals surface area contributed by atoms with Gasteiger partial charge in [-0.1, -0.05) is 51.1 Å². The summed E-state index contributed by atoms with van der Waals surface area (Å²) in [5, 5.41) is 69.0. The number of likely N-dealkylation sites (N-methyl/N-ethyl adjacent to an activating group) is 2. The fraction of sp³-hybridized carbons (Fsp3) is 0.754. The third-order valence-corrected chi connectivity index (χ3v) is 19.0. The van der Waals surface area contributed by atoms with Crippen LogP contribution in [-0.2, 0) is 56.2 Å². The SMILES string of the molecule is CC[C@H]1OC(=O)[C@H](C)[C@@H](C2C[C@@](C)(OC)[C@@H](O)[C@H](C)O2)[C@H](C)[C@@H](O[C@@H]2O[C@H](C)C[C@H](N(C)CCc3cn([C@H](CF)[C@H](OC)c4ccc(S(=O)(=O)NCc5cccnc5)cc4)nn3)[C@H]2O)[C@](C)(O)C[C@@H](C)CN(C)[C@H](C)[C@@H](O)[C@]1(C)O. The zero-order valence-electron chi connectivity index (χ0n) is 49.3. The van der Waals surface area contributed by atoms with Crippen molar-refractivity contribution in [3.8, 4) is 0 Å². The predicted octanol–water partition coefficient (Wildman–Crippen LogP) is 4.15. The number of ether oxygens (including phenoxy) is 6. The molecule has 452 valence electrons. The smallest absolute Gasteiger partial charge is 0.309 e. The van der Waals surface area contributed by atoms with Gasteiger partial charge < -0.3 is 63.8 Å². The van der Waals surface area contributed by atoms with Crippen molar-refractivity contribution in [2.75, 3.05) is 48.1 Å². The molecule has 0 bridgehead atoms. The highest BCUT2D eigenvalue weighted by atomic mass is 32.2. The second-order valence-electron chi connectivity index (χ2n) is 23.8. The molecule has 3 fully saturated rings.